The molecule has 2 fully saturated rings. The van der Waals surface area contributed by atoms with E-state index in [0.29, 0.717) is 25.1 Å². The molecule has 4 rings (SSSR count). The van der Waals surface area contributed by atoms with Crippen molar-refractivity contribution in [2.24, 2.45) is 0 Å². The van der Waals surface area contributed by atoms with Gasteiger partial charge in [0.2, 0.25) is 15.9 Å². The Morgan fingerprint density at radius 1 is 1.19 bits per heavy atom. The largest absolute Gasteiger partial charge is 0.459 e. The van der Waals surface area contributed by atoms with Crippen molar-refractivity contribution in [3.05, 3.63) is 61.1 Å². The van der Waals surface area contributed by atoms with E-state index in [2.05, 4.69) is 17.2 Å². The van der Waals surface area contributed by atoms with Crippen LogP contribution in [0, 0.1) is 0 Å². The highest BCUT2D eigenvalue weighted by Crippen LogP contribution is 2.47. The Morgan fingerprint density at radius 2 is 1.94 bits per heavy atom. The molecule has 0 bridgehead atoms. The van der Waals surface area contributed by atoms with Crippen LogP contribution in [0.2, 0.25) is 0 Å². The average Bonchev–Trinajstić information content (AvgIpc) is 3.28. The van der Waals surface area contributed by atoms with Crippen molar-refractivity contribution < 1.29 is 22.4 Å². The lowest BCUT2D eigenvalue weighted by Gasteiger charge is -2.54. The fourth-order valence-electron chi connectivity index (χ4n) is 4.41. The van der Waals surface area contributed by atoms with Gasteiger partial charge in [0.15, 0.2) is 5.76 Å². The van der Waals surface area contributed by atoms with Gasteiger partial charge in [0, 0.05) is 23.8 Å². The summed E-state index contributed by atoms with van der Waals surface area (Å²) in [6.45, 7) is 3.83. The van der Waals surface area contributed by atoms with Crippen LogP contribution in [-0.4, -0.2) is 42.7 Å². The Balaban J connectivity index is 1.49. The first-order valence-electron chi connectivity index (χ1n) is 10.2. The number of furan rings is 1. The van der Waals surface area contributed by atoms with Crippen molar-refractivity contribution in [1.82, 2.24) is 9.62 Å². The van der Waals surface area contributed by atoms with Crippen LogP contribution < -0.4 is 10.6 Å². The van der Waals surface area contributed by atoms with Gasteiger partial charge in [0.05, 0.1) is 11.2 Å². The lowest BCUT2D eigenvalue weighted by molar-refractivity contribution is -0.117. The summed E-state index contributed by atoms with van der Waals surface area (Å²) < 4.78 is 33.5. The Kier molecular flexibility index (Phi) is 5.72. The third-order valence-electron chi connectivity index (χ3n) is 6.10. The van der Waals surface area contributed by atoms with Gasteiger partial charge in [0.1, 0.15) is 0 Å². The topological polar surface area (TPSA) is 109 Å². The van der Waals surface area contributed by atoms with Crippen molar-refractivity contribution in [2.45, 2.75) is 48.6 Å². The predicted octanol–water partition coefficient (Wildman–Crippen LogP) is 2.91. The first kappa shape index (κ1) is 21.3. The lowest BCUT2D eigenvalue weighted by atomic mass is 9.70. The van der Waals surface area contributed by atoms with Crippen LogP contribution in [0.25, 0.3) is 0 Å². The average molecular weight is 444 g/mol. The van der Waals surface area contributed by atoms with Crippen molar-refractivity contribution in [1.29, 1.82) is 0 Å². The van der Waals surface area contributed by atoms with Gasteiger partial charge in [-0.25, -0.2) is 8.42 Å². The number of sulfonamides is 1. The fraction of sp³-hybridized carbons (Fsp3) is 0.364. The fourth-order valence-corrected chi connectivity index (χ4v) is 6.25. The minimum Gasteiger partial charge on any atom is -0.459 e. The van der Waals surface area contributed by atoms with Crippen LogP contribution in [-0.2, 0) is 14.8 Å². The van der Waals surface area contributed by atoms with E-state index >= 15 is 0 Å². The highest BCUT2D eigenvalue weighted by Gasteiger charge is 2.51. The van der Waals surface area contributed by atoms with E-state index in [1.54, 1.807) is 28.6 Å². The molecule has 1 unspecified atom stereocenters. The molecule has 0 radical (unpaired) electrons. The molecule has 1 aliphatic carbocycles. The highest BCUT2D eigenvalue weighted by molar-refractivity contribution is 7.89. The van der Waals surface area contributed by atoms with Crippen molar-refractivity contribution >= 4 is 27.5 Å². The lowest BCUT2D eigenvalue weighted by Crippen LogP contribution is -2.63. The summed E-state index contributed by atoms with van der Waals surface area (Å²) in [5.41, 5.74) is 0.0205. The number of nitrogens with zero attached hydrogens (tertiary/aromatic N) is 1. The summed E-state index contributed by atoms with van der Waals surface area (Å²) in [7, 11) is -3.71. The van der Waals surface area contributed by atoms with Crippen LogP contribution in [0.4, 0.5) is 5.69 Å². The number of amides is 2. The Morgan fingerprint density at radius 3 is 2.52 bits per heavy atom. The second-order valence-electron chi connectivity index (χ2n) is 8.01. The smallest absolute Gasteiger partial charge is 0.291 e. The first-order valence-corrected chi connectivity index (χ1v) is 11.7. The zero-order chi connectivity index (χ0) is 22.1. The van der Waals surface area contributed by atoms with E-state index in [-0.39, 0.29) is 22.6 Å². The Bertz CT molecular complexity index is 1070. The van der Waals surface area contributed by atoms with Crippen molar-refractivity contribution in [3.63, 3.8) is 0 Å². The third kappa shape index (κ3) is 4.15. The summed E-state index contributed by atoms with van der Waals surface area (Å²) in [6, 6.07) is 9.25. The van der Waals surface area contributed by atoms with Crippen LogP contribution in [0.3, 0.4) is 0 Å². The third-order valence-corrected chi connectivity index (χ3v) is 8.12. The summed E-state index contributed by atoms with van der Waals surface area (Å²) in [4.78, 5) is 24.0. The number of piperidine rings is 1. The first-order chi connectivity index (χ1) is 14.8. The number of hydrogen-bond acceptors (Lipinski definition) is 5. The Labute approximate surface area is 181 Å². The normalized spacial score (nSPS) is 20.6. The second-order valence-corrected chi connectivity index (χ2v) is 9.88. The quantitative estimate of drug-likeness (QED) is 0.668. The van der Waals surface area contributed by atoms with Gasteiger partial charge < -0.3 is 15.1 Å². The molecule has 2 N–H and O–H groups in total. The monoisotopic (exact) mass is 443 g/mol. The molecule has 1 atom stereocenters. The molecule has 8 nitrogen and oxygen atoms in total. The van der Waals surface area contributed by atoms with E-state index < -0.39 is 21.5 Å². The maximum Gasteiger partial charge on any atom is 0.291 e. The molecule has 2 aliphatic rings. The summed E-state index contributed by atoms with van der Waals surface area (Å²) in [6.07, 6.45) is 6.33. The summed E-state index contributed by atoms with van der Waals surface area (Å²) in [5.74, 6) is -0.462. The standard InChI is InChI=1S/C22H25N3O5S/c1-2-20(26)23-17-10-13-25(22(15-17)11-4-12-22)31(28,29)18-8-6-16(7-9-18)24-21(27)19-5-3-14-30-19/h2-3,5-9,14,17H,1,4,10-13,15H2,(H,23,26)(H,24,27). The zero-order valence-corrected chi connectivity index (χ0v) is 17.9. The van der Waals surface area contributed by atoms with Gasteiger partial charge in [-0.1, -0.05) is 6.58 Å². The van der Waals surface area contributed by atoms with Gasteiger partial charge in [0.25, 0.3) is 5.91 Å². The van der Waals surface area contributed by atoms with E-state index in [9.17, 15) is 18.0 Å². The molecule has 1 saturated carbocycles. The van der Waals surface area contributed by atoms with Gasteiger partial charge in [-0.2, -0.15) is 4.31 Å². The molecule has 164 valence electrons. The summed E-state index contributed by atoms with van der Waals surface area (Å²) >= 11 is 0. The maximum absolute atomic E-state index is 13.4. The molecule has 31 heavy (non-hydrogen) atoms. The molecule has 1 spiro atoms. The van der Waals surface area contributed by atoms with Crippen LogP contribution in [0.5, 0.6) is 0 Å². The minimum atomic E-state index is -3.71. The SMILES string of the molecule is C=CC(=O)NC1CCN(S(=O)(=O)c2ccc(NC(=O)c3ccco3)cc2)C2(CCC2)C1. The van der Waals surface area contributed by atoms with Gasteiger partial charge in [-0.05, 0) is 74.6 Å². The van der Waals surface area contributed by atoms with Crippen molar-refractivity contribution in [2.75, 3.05) is 11.9 Å². The molecule has 1 saturated heterocycles. The number of benzene rings is 1. The van der Waals surface area contributed by atoms with Gasteiger partial charge in [-0.15, -0.1) is 0 Å². The molecule has 1 aliphatic heterocycles. The molecule has 1 aromatic carbocycles. The Hall–Kier alpha value is -2.91. The van der Waals surface area contributed by atoms with Gasteiger partial charge in [-0.3, -0.25) is 9.59 Å². The minimum absolute atomic E-state index is 0.0589. The number of carbonyl (C=O) groups excluding carboxylic acids is 2. The van der Waals surface area contributed by atoms with Gasteiger partial charge >= 0.3 is 0 Å². The number of hydrogen-bond donors (Lipinski definition) is 2. The van der Waals surface area contributed by atoms with Crippen LogP contribution >= 0.6 is 0 Å². The molecular weight excluding hydrogens is 418 g/mol. The number of anilines is 1. The van der Waals surface area contributed by atoms with E-state index in [0.717, 1.165) is 19.3 Å². The number of carbonyl (C=O) groups is 2. The van der Waals surface area contributed by atoms with E-state index in [1.165, 1.54) is 24.5 Å². The summed E-state index contributed by atoms with van der Waals surface area (Å²) in [5, 5.41) is 5.60. The van der Waals surface area contributed by atoms with Crippen LogP contribution in [0.15, 0.2) is 64.6 Å². The number of rotatable bonds is 6. The predicted molar refractivity (Wildman–Crippen MR) is 115 cm³/mol. The maximum atomic E-state index is 13.4. The molecule has 2 amide bonds. The number of nitrogens with one attached hydrogen (secondary N) is 2. The van der Waals surface area contributed by atoms with E-state index in [1.807, 2.05) is 0 Å². The molecule has 1 aromatic heterocycles. The second kappa shape index (κ2) is 8.32. The zero-order valence-electron chi connectivity index (χ0n) is 17.0. The van der Waals surface area contributed by atoms with Crippen molar-refractivity contribution in [3.8, 4) is 0 Å². The van der Waals surface area contributed by atoms with E-state index in [4.69, 9.17) is 4.42 Å². The molecule has 9 heteroatoms. The molecule has 2 heterocycles. The highest BCUT2D eigenvalue weighted by atomic mass is 32.2. The molecular formula is C22H25N3O5S. The molecule has 2 aromatic rings. The van der Waals surface area contributed by atoms with Crippen LogP contribution in [0.1, 0.15) is 42.7 Å².